The summed E-state index contributed by atoms with van der Waals surface area (Å²) in [5, 5.41) is 0. The number of halogens is 3. The highest BCUT2D eigenvalue weighted by atomic mass is 19.4. The van der Waals surface area contributed by atoms with Gasteiger partial charge in [0.25, 0.3) is 0 Å². The number of aromatic nitrogens is 1. The number of carbonyl (C=O) groups is 1. The van der Waals surface area contributed by atoms with Gasteiger partial charge in [-0.15, -0.1) is 13.2 Å². The summed E-state index contributed by atoms with van der Waals surface area (Å²) in [4.78, 5) is 14.8. The predicted octanol–water partition coefficient (Wildman–Crippen LogP) is 0.737. The van der Waals surface area contributed by atoms with Crippen molar-refractivity contribution in [1.29, 1.82) is 0 Å². The number of alkyl halides is 3. The summed E-state index contributed by atoms with van der Waals surface area (Å²) >= 11 is 0. The number of methoxy groups -OCH3 is 1. The maximum Gasteiger partial charge on any atom is 0.573 e. The average Bonchev–Trinajstić information content (AvgIpc) is 2.30. The number of anilines is 1. The lowest BCUT2D eigenvalue weighted by Gasteiger charge is -2.14. The normalized spacial score (nSPS) is 11.2. The SMILES string of the molecule is COC(=O)Cc1nc(N)c(CN)cc1OC(F)(F)F. The van der Waals surface area contributed by atoms with Gasteiger partial charge in [-0.2, -0.15) is 0 Å². The standard InChI is InChI=1S/C10H12F3N3O3/c1-18-8(17)3-6-7(19-10(11,12)13)2-5(4-14)9(15)16-6/h2H,3-4,14H2,1H3,(H2,15,16). The summed E-state index contributed by atoms with van der Waals surface area (Å²) in [6.45, 7) is -0.106. The molecule has 0 spiro atoms. The highest BCUT2D eigenvalue weighted by Crippen LogP contribution is 2.28. The molecule has 0 bridgehead atoms. The van der Waals surface area contributed by atoms with Crippen LogP contribution in [0.5, 0.6) is 5.75 Å². The Bertz CT molecular complexity index is 477. The Kier molecular flexibility index (Phi) is 4.54. The number of esters is 1. The van der Waals surface area contributed by atoms with E-state index in [1.54, 1.807) is 0 Å². The van der Waals surface area contributed by atoms with Crippen LogP contribution in [-0.4, -0.2) is 24.4 Å². The number of hydrogen-bond acceptors (Lipinski definition) is 6. The van der Waals surface area contributed by atoms with E-state index in [0.29, 0.717) is 0 Å². The Hall–Kier alpha value is -2.03. The molecule has 0 amide bonds. The molecule has 1 aromatic rings. The van der Waals surface area contributed by atoms with Crippen LogP contribution in [-0.2, 0) is 22.5 Å². The van der Waals surface area contributed by atoms with Crippen LogP contribution in [0.2, 0.25) is 0 Å². The third kappa shape index (κ3) is 4.28. The van der Waals surface area contributed by atoms with Crippen molar-refractivity contribution in [2.45, 2.75) is 19.3 Å². The van der Waals surface area contributed by atoms with Gasteiger partial charge in [0.15, 0.2) is 5.75 Å². The molecule has 0 aliphatic carbocycles. The number of ether oxygens (including phenoxy) is 2. The van der Waals surface area contributed by atoms with Crippen molar-refractivity contribution < 1.29 is 27.4 Å². The first-order valence-corrected chi connectivity index (χ1v) is 5.07. The van der Waals surface area contributed by atoms with E-state index in [4.69, 9.17) is 11.5 Å². The number of nitrogens with zero attached hydrogens (tertiary/aromatic N) is 1. The molecule has 4 N–H and O–H groups in total. The van der Waals surface area contributed by atoms with E-state index in [0.717, 1.165) is 13.2 Å². The summed E-state index contributed by atoms with van der Waals surface area (Å²) in [5.41, 5.74) is 10.7. The second-order valence-corrected chi connectivity index (χ2v) is 3.48. The molecular formula is C10H12F3N3O3. The number of nitrogens with two attached hydrogens (primary N) is 2. The number of nitrogen functional groups attached to an aromatic ring is 1. The monoisotopic (exact) mass is 279 g/mol. The van der Waals surface area contributed by atoms with E-state index in [9.17, 15) is 18.0 Å². The fraction of sp³-hybridized carbons (Fsp3) is 0.400. The Morgan fingerprint density at radius 1 is 1.47 bits per heavy atom. The minimum Gasteiger partial charge on any atom is -0.469 e. The Balaban J connectivity index is 3.18. The number of hydrogen-bond donors (Lipinski definition) is 2. The van der Waals surface area contributed by atoms with Crippen LogP contribution in [0.25, 0.3) is 0 Å². The van der Waals surface area contributed by atoms with Crippen LogP contribution >= 0.6 is 0 Å². The van der Waals surface area contributed by atoms with Crippen molar-refractivity contribution in [3.8, 4) is 5.75 Å². The molecule has 0 fully saturated rings. The number of pyridine rings is 1. The van der Waals surface area contributed by atoms with Crippen molar-refractivity contribution in [3.05, 3.63) is 17.3 Å². The lowest BCUT2D eigenvalue weighted by Crippen LogP contribution is -2.20. The summed E-state index contributed by atoms with van der Waals surface area (Å²) in [6, 6.07) is 1.01. The summed E-state index contributed by atoms with van der Waals surface area (Å²) in [7, 11) is 1.10. The number of carbonyl (C=O) groups excluding carboxylic acids is 1. The third-order valence-corrected chi connectivity index (χ3v) is 2.16. The molecule has 6 nitrogen and oxygen atoms in total. The van der Waals surface area contributed by atoms with Gasteiger partial charge in [0.1, 0.15) is 5.82 Å². The second-order valence-electron chi connectivity index (χ2n) is 3.48. The van der Waals surface area contributed by atoms with Gasteiger partial charge in [-0.05, 0) is 6.07 Å². The molecule has 0 atom stereocenters. The van der Waals surface area contributed by atoms with Crippen LogP contribution < -0.4 is 16.2 Å². The van der Waals surface area contributed by atoms with Crippen LogP contribution in [0.4, 0.5) is 19.0 Å². The highest BCUT2D eigenvalue weighted by Gasteiger charge is 2.33. The van der Waals surface area contributed by atoms with Crippen LogP contribution in [0, 0.1) is 0 Å². The first kappa shape index (κ1) is 15.0. The molecule has 0 saturated carbocycles. The van der Waals surface area contributed by atoms with Gasteiger partial charge in [-0.1, -0.05) is 0 Å². The van der Waals surface area contributed by atoms with Crippen LogP contribution in [0.1, 0.15) is 11.3 Å². The van der Waals surface area contributed by atoms with Crippen LogP contribution in [0.3, 0.4) is 0 Å². The summed E-state index contributed by atoms with van der Waals surface area (Å²) in [5.74, 6) is -1.44. The van der Waals surface area contributed by atoms with E-state index in [-0.39, 0.29) is 23.6 Å². The second kappa shape index (κ2) is 5.74. The molecule has 0 radical (unpaired) electrons. The molecule has 1 heterocycles. The Morgan fingerprint density at radius 3 is 2.58 bits per heavy atom. The van der Waals surface area contributed by atoms with Crippen molar-refractivity contribution in [3.63, 3.8) is 0 Å². The lowest BCUT2D eigenvalue weighted by molar-refractivity contribution is -0.275. The van der Waals surface area contributed by atoms with Gasteiger partial charge in [0.2, 0.25) is 0 Å². The van der Waals surface area contributed by atoms with Gasteiger partial charge in [0, 0.05) is 12.1 Å². The fourth-order valence-electron chi connectivity index (χ4n) is 1.30. The maximum atomic E-state index is 12.2. The van der Waals surface area contributed by atoms with Gasteiger partial charge >= 0.3 is 12.3 Å². The quantitative estimate of drug-likeness (QED) is 0.788. The molecule has 0 aromatic carbocycles. The molecule has 0 aliphatic rings. The molecule has 9 heteroatoms. The van der Waals surface area contributed by atoms with E-state index >= 15 is 0 Å². The zero-order valence-corrected chi connectivity index (χ0v) is 9.95. The molecule has 19 heavy (non-hydrogen) atoms. The largest absolute Gasteiger partial charge is 0.573 e. The first-order chi connectivity index (χ1) is 8.76. The maximum absolute atomic E-state index is 12.2. The minimum absolute atomic E-state index is 0.0593. The van der Waals surface area contributed by atoms with Gasteiger partial charge in [0.05, 0.1) is 19.2 Å². The van der Waals surface area contributed by atoms with E-state index in [2.05, 4.69) is 14.5 Å². The molecule has 1 aromatic heterocycles. The van der Waals surface area contributed by atoms with Crippen molar-refractivity contribution in [2.75, 3.05) is 12.8 Å². The Labute approximate surface area is 106 Å². The Morgan fingerprint density at radius 2 is 2.11 bits per heavy atom. The lowest BCUT2D eigenvalue weighted by atomic mass is 10.2. The average molecular weight is 279 g/mol. The molecule has 106 valence electrons. The smallest absolute Gasteiger partial charge is 0.469 e. The van der Waals surface area contributed by atoms with Crippen molar-refractivity contribution in [2.24, 2.45) is 5.73 Å². The molecular weight excluding hydrogens is 267 g/mol. The molecule has 0 saturated heterocycles. The fourth-order valence-corrected chi connectivity index (χ4v) is 1.30. The highest BCUT2D eigenvalue weighted by molar-refractivity contribution is 5.73. The van der Waals surface area contributed by atoms with Crippen molar-refractivity contribution in [1.82, 2.24) is 4.98 Å². The topological polar surface area (TPSA) is 100 Å². The molecule has 0 aliphatic heterocycles. The van der Waals surface area contributed by atoms with E-state index in [1.807, 2.05) is 0 Å². The minimum atomic E-state index is -4.91. The van der Waals surface area contributed by atoms with E-state index in [1.165, 1.54) is 0 Å². The molecule has 1 rings (SSSR count). The summed E-state index contributed by atoms with van der Waals surface area (Å²) < 4.78 is 44.9. The van der Waals surface area contributed by atoms with Gasteiger partial charge in [-0.25, -0.2) is 4.98 Å². The van der Waals surface area contributed by atoms with Crippen molar-refractivity contribution >= 4 is 11.8 Å². The zero-order valence-electron chi connectivity index (χ0n) is 9.95. The summed E-state index contributed by atoms with van der Waals surface area (Å²) in [6.07, 6.45) is -5.40. The van der Waals surface area contributed by atoms with Gasteiger partial charge < -0.3 is 20.9 Å². The van der Waals surface area contributed by atoms with Crippen LogP contribution in [0.15, 0.2) is 6.07 Å². The van der Waals surface area contributed by atoms with Gasteiger partial charge in [-0.3, -0.25) is 4.79 Å². The zero-order chi connectivity index (χ0) is 14.6. The van der Waals surface area contributed by atoms with E-state index < -0.39 is 24.5 Å². The predicted molar refractivity (Wildman–Crippen MR) is 58.9 cm³/mol. The third-order valence-electron chi connectivity index (χ3n) is 2.16. The molecule has 0 unspecified atom stereocenters. The number of rotatable bonds is 4. The first-order valence-electron chi connectivity index (χ1n) is 5.07.